The molecule has 0 amide bonds. The Kier molecular flexibility index (Phi) is 9.08. The van der Waals surface area contributed by atoms with Crippen LogP contribution in [0.15, 0.2) is 42.7 Å². The molecule has 0 bridgehead atoms. The van der Waals surface area contributed by atoms with E-state index in [1.54, 1.807) is 14.2 Å². The van der Waals surface area contributed by atoms with E-state index in [4.69, 9.17) is 36.9 Å². The van der Waals surface area contributed by atoms with Crippen molar-refractivity contribution in [3.8, 4) is 17.0 Å². The third-order valence-electron chi connectivity index (χ3n) is 9.69. The minimum atomic E-state index is 0.245. The van der Waals surface area contributed by atoms with Crippen molar-refractivity contribution in [3.63, 3.8) is 0 Å². The maximum absolute atomic E-state index is 6.86. The van der Waals surface area contributed by atoms with Crippen molar-refractivity contribution in [2.45, 2.75) is 50.6 Å². The molecule has 1 aliphatic heterocycles. The first-order valence-corrected chi connectivity index (χ1v) is 16.6. The number of hydrogen-bond acceptors (Lipinski definition) is 9. The second-order valence-electron chi connectivity index (χ2n) is 12.5. The van der Waals surface area contributed by atoms with Gasteiger partial charge < -0.3 is 25.1 Å². The normalized spacial score (nSPS) is 19.7. The average Bonchev–Trinajstić information content (AvgIpc) is 3.68. The van der Waals surface area contributed by atoms with E-state index in [0.29, 0.717) is 23.3 Å². The lowest BCUT2D eigenvalue weighted by Gasteiger charge is -2.42. The van der Waals surface area contributed by atoms with Crippen LogP contribution in [0.25, 0.3) is 33.3 Å². The van der Waals surface area contributed by atoms with Crippen molar-refractivity contribution in [3.05, 3.63) is 59.1 Å². The number of methoxy groups -OCH3 is 2. The first-order chi connectivity index (χ1) is 22.5. The summed E-state index contributed by atoms with van der Waals surface area (Å²) in [5.74, 6) is 2.05. The fraction of sp³-hybridized carbons (Fsp3) is 0.471. The van der Waals surface area contributed by atoms with E-state index < -0.39 is 0 Å². The molecule has 0 unspecified atom stereocenters. The third-order valence-corrected chi connectivity index (χ3v) is 9.99. The number of nitrogen functional groups attached to an aromatic ring is 1. The van der Waals surface area contributed by atoms with Gasteiger partial charge in [-0.25, -0.2) is 19.6 Å². The van der Waals surface area contributed by atoms with E-state index in [1.807, 2.05) is 36.4 Å². The molecule has 0 atom stereocenters. The number of anilines is 1. The molecule has 0 spiro atoms. The number of ether oxygens (including phenoxy) is 2. The van der Waals surface area contributed by atoms with Crippen LogP contribution in [0.4, 0.5) is 5.82 Å². The van der Waals surface area contributed by atoms with Crippen LogP contribution in [0.5, 0.6) is 5.75 Å². The molecule has 46 heavy (non-hydrogen) atoms. The SMILES string of the molecule is COCCCN1CCN([C@H]2CC[C@@H](n3nc(-c4cc(Cl)c5[nH]c(Cc6ccccc6OC)nc5c4)c4c(N)ncnc43)CC2)CC1. The van der Waals surface area contributed by atoms with E-state index in [9.17, 15) is 0 Å². The lowest BCUT2D eigenvalue weighted by Crippen LogP contribution is -2.51. The Morgan fingerprint density at radius 2 is 1.78 bits per heavy atom. The number of hydrogen-bond donors (Lipinski definition) is 2. The van der Waals surface area contributed by atoms with Crippen LogP contribution in [0.1, 0.15) is 49.5 Å². The fourth-order valence-corrected chi connectivity index (χ4v) is 7.54. The topological polar surface area (TPSA) is 123 Å². The molecule has 2 aliphatic rings. The van der Waals surface area contributed by atoms with Gasteiger partial charge in [-0.15, -0.1) is 0 Å². The minimum Gasteiger partial charge on any atom is -0.496 e. The largest absolute Gasteiger partial charge is 0.496 e. The van der Waals surface area contributed by atoms with Gasteiger partial charge in [0.2, 0.25) is 0 Å². The monoisotopic (exact) mass is 643 g/mol. The minimum absolute atomic E-state index is 0.245. The first-order valence-electron chi connectivity index (χ1n) is 16.3. The molecule has 5 aromatic rings. The molecule has 4 heterocycles. The van der Waals surface area contributed by atoms with Crippen LogP contribution in [0.2, 0.25) is 5.02 Å². The molecule has 12 heteroatoms. The fourth-order valence-electron chi connectivity index (χ4n) is 7.28. The highest BCUT2D eigenvalue weighted by Gasteiger charge is 2.31. The zero-order valence-electron chi connectivity index (χ0n) is 26.6. The lowest BCUT2D eigenvalue weighted by atomic mass is 9.90. The number of fused-ring (bicyclic) bond motifs is 2. The summed E-state index contributed by atoms with van der Waals surface area (Å²) in [6, 6.07) is 12.8. The van der Waals surface area contributed by atoms with Crippen molar-refractivity contribution in [1.82, 2.24) is 39.5 Å². The van der Waals surface area contributed by atoms with Crippen molar-refractivity contribution >= 4 is 39.5 Å². The van der Waals surface area contributed by atoms with Gasteiger partial charge in [0.05, 0.1) is 34.6 Å². The molecule has 1 aliphatic carbocycles. The summed E-state index contributed by atoms with van der Waals surface area (Å²) in [5, 5.41) is 6.49. The van der Waals surface area contributed by atoms with Crippen LogP contribution in [0.3, 0.4) is 0 Å². The van der Waals surface area contributed by atoms with E-state index in [-0.39, 0.29) is 6.04 Å². The van der Waals surface area contributed by atoms with Gasteiger partial charge in [-0.1, -0.05) is 29.8 Å². The van der Waals surface area contributed by atoms with Crippen LogP contribution in [-0.4, -0.2) is 99.1 Å². The Morgan fingerprint density at radius 1 is 1.00 bits per heavy atom. The zero-order valence-corrected chi connectivity index (χ0v) is 27.3. The maximum atomic E-state index is 6.86. The summed E-state index contributed by atoms with van der Waals surface area (Å²) in [6.45, 7) is 6.50. The lowest BCUT2D eigenvalue weighted by molar-refractivity contribution is 0.0662. The van der Waals surface area contributed by atoms with E-state index in [2.05, 4.69) is 29.4 Å². The van der Waals surface area contributed by atoms with Crippen LogP contribution in [-0.2, 0) is 11.2 Å². The van der Waals surface area contributed by atoms with Gasteiger partial charge in [0.15, 0.2) is 5.65 Å². The summed E-state index contributed by atoms with van der Waals surface area (Å²) in [7, 11) is 3.46. The van der Waals surface area contributed by atoms with Crippen molar-refractivity contribution in [1.29, 1.82) is 0 Å². The second-order valence-corrected chi connectivity index (χ2v) is 12.9. The molecular weight excluding hydrogens is 602 g/mol. The highest BCUT2D eigenvalue weighted by atomic mass is 35.5. The molecular formula is C34H42ClN9O2. The smallest absolute Gasteiger partial charge is 0.164 e. The maximum Gasteiger partial charge on any atom is 0.164 e. The number of H-pyrrole nitrogens is 1. The molecule has 1 saturated carbocycles. The predicted octanol–water partition coefficient (Wildman–Crippen LogP) is 5.34. The van der Waals surface area contributed by atoms with Crippen LogP contribution >= 0.6 is 11.6 Å². The van der Waals surface area contributed by atoms with Gasteiger partial charge in [0.25, 0.3) is 0 Å². The van der Waals surface area contributed by atoms with Gasteiger partial charge in [-0.3, -0.25) is 4.90 Å². The van der Waals surface area contributed by atoms with E-state index >= 15 is 0 Å². The third kappa shape index (κ3) is 6.16. The molecule has 1 saturated heterocycles. The van der Waals surface area contributed by atoms with E-state index in [1.165, 1.54) is 6.33 Å². The summed E-state index contributed by atoms with van der Waals surface area (Å²) >= 11 is 6.86. The quantitative estimate of drug-likeness (QED) is 0.194. The molecule has 0 radical (unpaired) electrons. The number of benzene rings is 2. The number of nitrogens with zero attached hydrogens (tertiary/aromatic N) is 7. The van der Waals surface area contributed by atoms with Crippen molar-refractivity contribution < 1.29 is 9.47 Å². The van der Waals surface area contributed by atoms with Gasteiger partial charge in [0, 0.05) is 70.0 Å². The van der Waals surface area contributed by atoms with Crippen molar-refractivity contribution in [2.75, 3.05) is 59.3 Å². The summed E-state index contributed by atoms with van der Waals surface area (Å²) < 4.78 is 12.9. The van der Waals surface area contributed by atoms with Crippen molar-refractivity contribution in [2.24, 2.45) is 0 Å². The number of imidazole rings is 1. The number of rotatable bonds is 10. The highest BCUT2D eigenvalue weighted by molar-refractivity contribution is 6.35. The average molecular weight is 644 g/mol. The zero-order chi connectivity index (χ0) is 31.6. The van der Waals surface area contributed by atoms with E-state index in [0.717, 1.165) is 122 Å². The molecule has 11 nitrogen and oxygen atoms in total. The summed E-state index contributed by atoms with van der Waals surface area (Å²) in [5.41, 5.74) is 11.4. The molecule has 3 N–H and O–H groups in total. The van der Waals surface area contributed by atoms with Gasteiger partial charge >= 0.3 is 0 Å². The number of nitrogens with one attached hydrogen (secondary N) is 1. The number of aromatic nitrogens is 6. The molecule has 3 aromatic heterocycles. The summed E-state index contributed by atoms with van der Waals surface area (Å²) in [6.07, 6.45) is 7.61. The number of halogens is 1. The molecule has 7 rings (SSSR count). The Labute approximate surface area is 274 Å². The van der Waals surface area contributed by atoms with Gasteiger partial charge in [0.1, 0.15) is 29.4 Å². The number of piperazine rings is 1. The van der Waals surface area contributed by atoms with Gasteiger partial charge in [-0.2, -0.15) is 5.10 Å². The number of aromatic amines is 1. The van der Waals surface area contributed by atoms with Crippen LogP contribution in [0, 0.1) is 0 Å². The Hall–Kier alpha value is -3.77. The molecule has 2 fully saturated rings. The van der Waals surface area contributed by atoms with Gasteiger partial charge in [-0.05, 0) is 50.3 Å². The number of para-hydroxylation sites is 1. The second kappa shape index (κ2) is 13.5. The molecule has 242 valence electrons. The van der Waals surface area contributed by atoms with Crippen LogP contribution < -0.4 is 10.5 Å². The Morgan fingerprint density at radius 3 is 2.57 bits per heavy atom. The number of nitrogens with two attached hydrogens (primary N) is 1. The Bertz CT molecular complexity index is 1810. The molecule has 2 aromatic carbocycles. The predicted molar refractivity (Wildman–Crippen MR) is 181 cm³/mol. The standard InChI is InChI=1S/C34H42ClN9O2/c1-45-17-5-12-42-13-15-43(16-14-42)24-8-10-25(11-9-24)44-34-30(33(36)37-21-38-34)31(41-44)23-18-26(35)32-27(19-23)39-29(40-32)20-22-6-3-4-7-28(22)46-2/h3-4,6-7,18-19,21,24-25H,5,8-17,20H2,1-2H3,(H,39,40)(H2,36,37,38)/t24-,25+. The first kappa shape index (κ1) is 30.9. The highest BCUT2D eigenvalue weighted by Crippen LogP contribution is 2.39. The summed E-state index contributed by atoms with van der Waals surface area (Å²) in [4.78, 5) is 22.6. The Balaban J connectivity index is 1.11.